The number of halogens is 1. The Bertz CT molecular complexity index is 872. The number of hydrogen-bond donors (Lipinski definition) is 2. The number of carbonyl (C=O) groups is 2. The molecule has 2 amide bonds. The molecule has 0 aliphatic rings. The molecule has 0 aromatic heterocycles. The van der Waals surface area contributed by atoms with Gasteiger partial charge in [0.2, 0.25) is 11.7 Å². The first-order chi connectivity index (χ1) is 13.4. The van der Waals surface area contributed by atoms with Crippen molar-refractivity contribution < 1.29 is 23.6 Å². The van der Waals surface area contributed by atoms with Crippen molar-refractivity contribution in [1.29, 1.82) is 0 Å². The summed E-state index contributed by atoms with van der Waals surface area (Å²) in [7, 11) is 0. The molecule has 0 aliphatic heterocycles. The number of amides is 2. The van der Waals surface area contributed by atoms with Crippen LogP contribution in [0.4, 0.5) is 15.8 Å². The Hall–Kier alpha value is -3.49. The van der Waals surface area contributed by atoms with Crippen molar-refractivity contribution in [2.45, 2.75) is 19.8 Å². The fraction of sp³-hybridized carbons (Fsp3) is 0.263. The van der Waals surface area contributed by atoms with Gasteiger partial charge < -0.3 is 15.4 Å². The van der Waals surface area contributed by atoms with Gasteiger partial charge in [-0.05, 0) is 37.6 Å². The number of hydrogen-bond acceptors (Lipinski definition) is 5. The lowest BCUT2D eigenvalue weighted by molar-refractivity contribution is -0.387. The van der Waals surface area contributed by atoms with E-state index in [-0.39, 0.29) is 24.6 Å². The Balaban J connectivity index is 1.81. The first-order valence-corrected chi connectivity index (χ1v) is 8.66. The van der Waals surface area contributed by atoms with Crippen LogP contribution in [0.1, 0.15) is 30.1 Å². The molecule has 9 heteroatoms. The van der Waals surface area contributed by atoms with Crippen LogP contribution < -0.4 is 15.4 Å². The van der Waals surface area contributed by atoms with Crippen molar-refractivity contribution in [1.82, 2.24) is 5.32 Å². The molecular weight excluding hydrogens is 369 g/mol. The smallest absolute Gasteiger partial charge is 0.306 e. The molecule has 0 heterocycles. The Labute approximate surface area is 160 Å². The first-order valence-electron chi connectivity index (χ1n) is 8.66. The SMILES string of the molecule is CCOc1ccccc1C(=O)NCCCC(=O)Nc1ccc(F)c([N+](=O)[O-])c1. The minimum atomic E-state index is -0.974. The molecule has 2 rings (SSSR count). The Morgan fingerprint density at radius 2 is 1.96 bits per heavy atom. The zero-order valence-electron chi connectivity index (χ0n) is 15.2. The number of anilines is 1. The Kier molecular flexibility index (Phi) is 7.44. The minimum absolute atomic E-state index is 0.0819. The average Bonchev–Trinajstić information content (AvgIpc) is 2.67. The average molecular weight is 389 g/mol. The summed E-state index contributed by atoms with van der Waals surface area (Å²) in [4.78, 5) is 34.0. The monoisotopic (exact) mass is 389 g/mol. The molecule has 0 radical (unpaired) electrons. The van der Waals surface area contributed by atoms with Crippen LogP contribution in [0.5, 0.6) is 5.75 Å². The van der Waals surface area contributed by atoms with E-state index in [1.807, 2.05) is 6.92 Å². The molecule has 2 aromatic rings. The van der Waals surface area contributed by atoms with Gasteiger partial charge >= 0.3 is 5.69 Å². The van der Waals surface area contributed by atoms with Crippen molar-refractivity contribution in [2.24, 2.45) is 0 Å². The van der Waals surface area contributed by atoms with Gasteiger partial charge in [0.05, 0.1) is 17.1 Å². The zero-order valence-corrected chi connectivity index (χ0v) is 15.2. The van der Waals surface area contributed by atoms with E-state index < -0.39 is 22.3 Å². The standard InChI is InChI=1S/C19H20FN3O5/c1-2-28-17-7-4-3-6-14(17)19(25)21-11-5-8-18(24)22-13-9-10-15(20)16(12-13)23(26)27/h3-4,6-7,9-10,12H,2,5,8,11H2,1H3,(H,21,25)(H,22,24). The van der Waals surface area contributed by atoms with Gasteiger partial charge in [0.25, 0.3) is 5.91 Å². The van der Waals surface area contributed by atoms with Crippen LogP contribution in [0.25, 0.3) is 0 Å². The molecule has 8 nitrogen and oxygen atoms in total. The van der Waals surface area contributed by atoms with Gasteiger partial charge in [-0.15, -0.1) is 0 Å². The van der Waals surface area contributed by atoms with Gasteiger partial charge in [-0.25, -0.2) is 0 Å². The maximum Gasteiger partial charge on any atom is 0.306 e. The van der Waals surface area contributed by atoms with Gasteiger partial charge in [0, 0.05) is 24.7 Å². The summed E-state index contributed by atoms with van der Waals surface area (Å²) in [5.74, 6) is -1.19. The number of para-hydroxylation sites is 1. The second-order valence-electron chi connectivity index (χ2n) is 5.76. The lowest BCUT2D eigenvalue weighted by Gasteiger charge is -2.10. The Morgan fingerprint density at radius 1 is 1.21 bits per heavy atom. The first kappa shape index (κ1) is 20.8. The number of nitrogens with zero attached hydrogens (tertiary/aromatic N) is 1. The lowest BCUT2D eigenvalue weighted by Crippen LogP contribution is -2.26. The zero-order chi connectivity index (χ0) is 20.5. The third-order valence-electron chi connectivity index (χ3n) is 3.72. The maximum absolute atomic E-state index is 13.3. The van der Waals surface area contributed by atoms with Gasteiger partial charge in [-0.1, -0.05) is 12.1 Å². The lowest BCUT2D eigenvalue weighted by atomic mass is 10.2. The number of ether oxygens (including phenoxy) is 1. The van der Waals surface area contributed by atoms with E-state index in [2.05, 4.69) is 10.6 Å². The van der Waals surface area contributed by atoms with E-state index in [1.54, 1.807) is 24.3 Å². The van der Waals surface area contributed by atoms with E-state index in [4.69, 9.17) is 4.74 Å². The molecule has 2 aromatic carbocycles. The van der Waals surface area contributed by atoms with Crippen LogP contribution in [0.2, 0.25) is 0 Å². The molecule has 0 unspecified atom stereocenters. The van der Waals surface area contributed by atoms with Crippen LogP contribution in [0.15, 0.2) is 42.5 Å². The number of nitrogens with one attached hydrogen (secondary N) is 2. The molecule has 0 spiro atoms. The molecule has 0 saturated carbocycles. The quantitative estimate of drug-likeness (QED) is 0.388. The predicted octanol–water partition coefficient (Wildman–Crippen LogP) is 3.28. The summed E-state index contributed by atoms with van der Waals surface area (Å²) in [6.07, 6.45) is 0.441. The minimum Gasteiger partial charge on any atom is -0.493 e. The van der Waals surface area contributed by atoms with Gasteiger partial charge in [-0.2, -0.15) is 4.39 Å². The summed E-state index contributed by atoms with van der Waals surface area (Å²) in [5, 5.41) is 15.9. The van der Waals surface area contributed by atoms with Gasteiger partial charge in [0.1, 0.15) is 5.75 Å². The van der Waals surface area contributed by atoms with E-state index in [0.717, 1.165) is 12.1 Å². The molecule has 2 N–H and O–H groups in total. The predicted molar refractivity (Wildman–Crippen MR) is 101 cm³/mol. The molecule has 0 bridgehead atoms. The van der Waals surface area contributed by atoms with Crippen LogP contribution in [-0.4, -0.2) is 29.9 Å². The summed E-state index contributed by atoms with van der Waals surface area (Å²) in [6.45, 7) is 2.52. The second-order valence-corrected chi connectivity index (χ2v) is 5.76. The van der Waals surface area contributed by atoms with Crippen molar-refractivity contribution in [3.8, 4) is 5.75 Å². The van der Waals surface area contributed by atoms with E-state index in [1.165, 1.54) is 6.07 Å². The highest BCUT2D eigenvalue weighted by molar-refractivity contribution is 5.97. The number of benzene rings is 2. The third kappa shape index (κ3) is 5.76. The van der Waals surface area contributed by atoms with E-state index in [9.17, 15) is 24.1 Å². The fourth-order valence-corrected chi connectivity index (χ4v) is 2.44. The summed E-state index contributed by atoms with van der Waals surface area (Å²) in [5.41, 5.74) is -0.168. The molecule has 28 heavy (non-hydrogen) atoms. The van der Waals surface area contributed by atoms with Crippen LogP contribution >= 0.6 is 0 Å². The third-order valence-corrected chi connectivity index (χ3v) is 3.72. The molecular formula is C19H20FN3O5. The molecule has 0 saturated heterocycles. The van der Waals surface area contributed by atoms with E-state index in [0.29, 0.717) is 24.3 Å². The van der Waals surface area contributed by atoms with Gasteiger partial charge in [-0.3, -0.25) is 19.7 Å². The molecule has 148 valence electrons. The number of nitro groups is 1. The van der Waals surface area contributed by atoms with Gasteiger partial charge in [0.15, 0.2) is 0 Å². The molecule has 0 fully saturated rings. The highest BCUT2D eigenvalue weighted by atomic mass is 19.1. The van der Waals surface area contributed by atoms with Crippen LogP contribution in [-0.2, 0) is 4.79 Å². The maximum atomic E-state index is 13.3. The highest BCUT2D eigenvalue weighted by Gasteiger charge is 2.15. The summed E-state index contributed by atoms with van der Waals surface area (Å²) >= 11 is 0. The Morgan fingerprint density at radius 3 is 2.68 bits per heavy atom. The van der Waals surface area contributed by atoms with E-state index >= 15 is 0 Å². The second kappa shape index (κ2) is 10.0. The van der Waals surface area contributed by atoms with Crippen molar-refractivity contribution >= 4 is 23.2 Å². The summed E-state index contributed by atoms with van der Waals surface area (Å²) < 4.78 is 18.7. The molecule has 0 aliphatic carbocycles. The van der Waals surface area contributed by atoms with Crippen LogP contribution in [0, 0.1) is 15.9 Å². The largest absolute Gasteiger partial charge is 0.493 e. The number of carbonyl (C=O) groups excluding carboxylic acids is 2. The van der Waals surface area contributed by atoms with Crippen molar-refractivity contribution in [2.75, 3.05) is 18.5 Å². The number of nitro benzene ring substituents is 1. The normalized spacial score (nSPS) is 10.2. The topological polar surface area (TPSA) is 111 Å². The van der Waals surface area contributed by atoms with Crippen LogP contribution in [0.3, 0.4) is 0 Å². The van der Waals surface area contributed by atoms with Crippen molar-refractivity contribution in [3.63, 3.8) is 0 Å². The number of rotatable bonds is 9. The highest BCUT2D eigenvalue weighted by Crippen LogP contribution is 2.22. The summed E-state index contributed by atoms with van der Waals surface area (Å²) in [6, 6.07) is 9.97. The molecule has 0 atom stereocenters. The van der Waals surface area contributed by atoms with Crippen molar-refractivity contribution in [3.05, 3.63) is 64.0 Å². The fourth-order valence-electron chi connectivity index (χ4n) is 2.44.